The van der Waals surface area contributed by atoms with Crippen LogP contribution in [-0.2, 0) is 25.4 Å². The molecule has 6 rings (SSSR count). The third-order valence-electron chi connectivity index (χ3n) is 8.59. The number of nitrogens with one attached hydrogen (secondary N) is 2. The van der Waals surface area contributed by atoms with E-state index >= 15 is 0 Å². The highest BCUT2D eigenvalue weighted by atomic mass is 35.5. The van der Waals surface area contributed by atoms with E-state index in [1.807, 2.05) is 50.2 Å². The molecule has 2 atom stereocenters. The fourth-order valence-electron chi connectivity index (χ4n) is 5.93. The van der Waals surface area contributed by atoms with Crippen LogP contribution in [-0.4, -0.2) is 61.7 Å². The molecule has 1 aliphatic heterocycles. The van der Waals surface area contributed by atoms with E-state index < -0.39 is 17.4 Å². The first-order chi connectivity index (χ1) is 22.6. The summed E-state index contributed by atoms with van der Waals surface area (Å²) < 4.78 is 13.4. The molecule has 0 radical (unpaired) electrons. The zero-order valence-corrected chi connectivity index (χ0v) is 27.6. The van der Waals surface area contributed by atoms with E-state index in [1.165, 1.54) is 11.6 Å². The van der Waals surface area contributed by atoms with Crippen molar-refractivity contribution in [1.82, 2.24) is 29.4 Å². The molecule has 2 aromatic carbocycles. The zero-order valence-electron chi connectivity index (χ0n) is 26.8. The van der Waals surface area contributed by atoms with Crippen molar-refractivity contribution in [2.45, 2.75) is 39.0 Å². The number of hydrogen-bond acceptors (Lipinski definition) is 10. The molecule has 1 aliphatic rings. The molecule has 3 N–H and O–H groups in total. The van der Waals surface area contributed by atoms with Gasteiger partial charge in [0, 0.05) is 55.8 Å². The number of rotatable bonds is 8. The van der Waals surface area contributed by atoms with Gasteiger partial charge in [-0.2, -0.15) is 0 Å². The standard InChI is InChI=1S/C34H36ClN7O5/c1-18-14-27-29(33(44)42(4)34(45)41(27)3)31(38-18)39-23-11-7-8-20(19(23)2)21-9-6-10-22(30(21)35)25-15-37-26(32(40-25)46-5)16-36-24-12-13-47-17-28(24)43/h6-11,14-15,24,28,36,43H,12-13,16-17H2,1-5H3,(H,38,39)/t24-,28-/m1/s1. The summed E-state index contributed by atoms with van der Waals surface area (Å²) >= 11 is 7.08. The maximum absolute atomic E-state index is 13.2. The molecular weight excluding hydrogens is 622 g/mol. The highest BCUT2D eigenvalue weighted by Gasteiger charge is 2.24. The number of halogens is 1. The molecule has 244 valence electrons. The van der Waals surface area contributed by atoms with Crippen molar-refractivity contribution in [2.75, 3.05) is 25.6 Å². The second-order valence-electron chi connectivity index (χ2n) is 11.6. The summed E-state index contributed by atoms with van der Waals surface area (Å²) in [4.78, 5) is 39.8. The average Bonchev–Trinajstić information content (AvgIpc) is 3.07. The Labute approximate surface area is 276 Å². The molecule has 0 unspecified atom stereocenters. The fourth-order valence-corrected chi connectivity index (χ4v) is 6.26. The summed E-state index contributed by atoms with van der Waals surface area (Å²) in [6.45, 7) is 5.05. The van der Waals surface area contributed by atoms with Crippen LogP contribution >= 0.6 is 11.6 Å². The Morgan fingerprint density at radius 3 is 2.57 bits per heavy atom. The second-order valence-corrected chi connectivity index (χ2v) is 12.0. The van der Waals surface area contributed by atoms with Gasteiger partial charge in [-0.25, -0.2) is 14.8 Å². The number of benzene rings is 2. The topological polar surface area (TPSA) is 145 Å². The van der Waals surface area contributed by atoms with Gasteiger partial charge in [-0.3, -0.25) is 18.9 Å². The van der Waals surface area contributed by atoms with Gasteiger partial charge in [0.1, 0.15) is 16.9 Å². The normalized spacial score (nSPS) is 16.4. The van der Waals surface area contributed by atoms with Crippen molar-refractivity contribution >= 4 is 34.0 Å². The Kier molecular flexibility index (Phi) is 9.11. The molecule has 0 amide bonds. The molecule has 0 bridgehead atoms. The number of aryl methyl sites for hydroxylation is 2. The smallest absolute Gasteiger partial charge is 0.330 e. The van der Waals surface area contributed by atoms with E-state index in [0.717, 1.165) is 26.9 Å². The number of hydrogen-bond donors (Lipinski definition) is 3. The Morgan fingerprint density at radius 1 is 1.06 bits per heavy atom. The minimum absolute atomic E-state index is 0.103. The number of aliphatic hydroxyl groups excluding tert-OH is 1. The largest absolute Gasteiger partial charge is 0.480 e. The van der Waals surface area contributed by atoms with Gasteiger partial charge in [0.05, 0.1) is 42.3 Å². The lowest BCUT2D eigenvalue weighted by atomic mass is 9.96. The van der Waals surface area contributed by atoms with Gasteiger partial charge in [0.15, 0.2) is 0 Å². The third-order valence-corrected chi connectivity index (χ3v) is 9.00. The van der Waals surface area contributed by atoms with Crippen molar-refractivity contribution in [3.8, 4) is 28.3 Å². The Hall–Kier alpha value is -4.62. The fraction of sp³-hybridized carbons (Fsp3) is 0.324. The second kappa shape index (κ2) is 13.2. The van der Waals surface area contributed by atoms with Crippen LogP contribution in [0.25, 0.3) is 33.3 Å². The van der Waals surface area contributed by atoms with E-state index in [9.17, 15) is 14.7 Å². The number of anilines is 2. The molecule has 3 aromatic heterocycles. The van der Waals surface area contributed by atoms with Crippen molar-refractivity contribution in [3.05, 3.63) is 91.5 Å². The first-order valence-electron chi connectivity index (χ1n) is 15.2. The highest BCUT2D eigenvalue weighted by molar-refractivity contribution is 6.36. The third kappa shape index (κ3) is 6.12. The average molecular weight is 658 g/mol. The maximum Gasteiger partial charge on any atom is 0.330 e. The highest BCUT2D eigenvalue weighted by Crippen LogP contribution is 2.39. The van der Waals surface area contributed by atoms with Crippen molar-refractivity contribution < 1.29 is 14.6 Å². The number of methoxy groups -OCH3 is 1. The van der Waals surface area contributed by atoms with Gasteiger partial charge in [-0.1, -0.05) is 41.9 Å². The Balaban J connectivity index is 1.34. The SMILES string of the molecule is COc1nc(-c2cccc(-c3cccc(Nc4nc(C)cc5c4c(=O)n(C)c(=O)n5C)c3C)c2Cl)cnc1CN[C@@H]1CCOC[C@H]1O. The molecule has 0 aliphatic carbocycles. The predicted octanol–water partition coefficient (Wildman–Crippen LogP) is 4.02. The number of fused-ring (bicyclic) bond motifs is 1. The summed E-state index contributed by atoms with van der Waals surface area (Å²) in [7, 11) is 4.64. The van der Waals surface area contributed by atoms with Crippen LogP contribution in [0.1, 0.15) is 23.4 Å². The number of aliphatic hydroxyl groups is 1. The van der Waals surface area contributed by atoms with Gasteiger partial charge in [0.2, 0.25) is 5.88 Å². The van der Waals surface area contributed by atoms with Crippen LogP contribution in [0.2, 0.25) is 5.02 Å². The zero-order chi connectivity index (χ0) is 33.4. The molecule has 4 heterocycles. The van der Waals surface area contributed by atoms with Crippen LogP contribution in [0.15, 0.2) is 58.3 Å². The summed E-state index contributed by atoms with van der Waals surface area (Å²) in [5.41, 5.74) is 5.43. The summed E-state index contributed by atoms with van der Waals surface area (Å²) in [5.74, 6) is 0.724. The van der Waals surface area contributed by atoms with Crippen LogP contribution in [0, 0.1) is 13.8 Å². The maximum atomic E-state index is 13.2. The van der Waals surface area contributed by atoms with Crippen molar-refractivity contribution in [3.63, 3.8) is 0 Å². The van der Waals surface area contributed by atoms with Gasteiger partial charge in [0.25, 0.3) is 5.56 Å². The molecule has 1 saturated heterocycles. The summed E-state index contributed by atoms with van der Waals surface area (Å²) in [6.07, 6.45) is 1.78. The van der Waals surface area contributed by atoms with Crippen molar-refractivity contribution in [2.24, 2.45) is 14.1 Å². The van der Waals surface area contributed by atoms with Crippen LogP contribution < -0.4 is 26.6 Å². The first kappa shape index (κ1) is 32.3. The van der Waals surface area contributed by atoms with E-state index in [-0.39, 0.29) is 6.04 Å². The molecule has 47 heavy (non-hydrogen) atoms. The van der Waals surface area contributed by atoms with E-state index in [2.05, 4.69) is 20.6 Å². The monoisotopic (exact) mass is 657 g/mol. The Bertz CT molecular complexity index is 2110. The van der Waals surface area contributed by atoms with E-state index in [0.29, 0.717) is 76.4 Å². The molecule has 5 aromatic rings. The van der Waals surface area contributed by atoms with Gasteiger partial charge in [-0.05, 0) is 43.5 Å². The lowest BCUT2D eigenvalue weighted by Gasteiger charge is -2.28. The minimum Gasteiger partial charge on any atom is -0.480 e. The minimum atomic E-state index is -0.587. The van der Waals surface area contributed by atoms with Gasteiger partial charge < -0.3 is 25.2 Å². The van der Waals surface area contributed by atoms with Gasteiger partial charge in [-0.15, -0.1) is 0 Å². The quantitative estimate of drug-likeness (QED) is 0.224. The molecule has 0 saturated carbocycles. The molecule has 1 fully saturated rings. The molecule has 0 spiro atoms. The molecule has 12 nitrogen and oxygen atoms in total. The van der Waals surface area contributed by atoms with Crippen LogP contribution in [0.5, 0.6) is 5.88 Å². The lowest BCUT2D eigenvalue weighted by Crippen LogP contribution is -2.46. The predicted molar refractivity (Wildman–Crippen MR) is 182 cm³/mol. The van der Waals surface area contributed by atoms with E-state index in [4.69, 9.17) is 26.1 Å². The Morgan fingerprint density at radius 2 is 1.81 bits per heavy atom. The van der Waals surface area contributed by atoms with Crippen LogP contribution in [0.4, 0.5) is 11.5 Å². The number of nitrogens with zero attached hydrogens (tertiary/aromatic N) is 5. The van der Waals surface area contributed by atoms with E-state index in [1.54, 1.807) is 26.4 Å². The summed E-state index contributed by atoms with van der Waals surface area (Å²) in [5, 5.41) is 17.7. The number of aromatic nitrogens is 5. The van der Waals surface area contributed by atoms with Crippen molar-refractivity contribution in [1.29, 1.82) is 0 Å². The molecular formula is C34H36ClN7O5. The summed E-state index contributed by atoms with van der Waals surface area (Å²) in [6, 6.07) is 13.1. The lowest BCUT2D eigenvalue weighted by molar-refractivity contribution is -0.0281. The number of pyridine rings is 1. The molecule has 13 heteroatoms. The first-order valence-corrected chi connectivity index (χ1v) is 15.6. The number of ether oxygens (including phenoxy) is 2. The van der Waals surface area contributed by atoms with Crippen LogP contribution in [0.3, 0.4) is 0 Å². The van der Waals surface area contributed by atoms with Gasteiger partial charge >= 0.3 is 5.69 Å².